The normalized spacial score (nSPS) is 20.6. The number of pyridine rings is 1. The topological polar surface area (TPSA) is 24.9 Å². The summed E-state index contributed by atoms with van der Waals surface area (Å²) in [4.78, 5) is 4.28. The van der Waals surface area contributed by atoms with Crippen molar-refractivity contribution in [1.29, 1.82) is 0 Å². The van der Waals surface area contributed by atoms with Crippen LogP contribution in [-0.2, 0) is 0 Å². The van der Waals surface area contributed by atoms with E-state index in [0.29, 0.717) is 6.04 Å². The van der Waals surface area contributed by atoms with E-state index in [0.717, 1.165) is 6.54 Å². The van der Waals surface area contributed by atoms with Gasteiger partial charge in [0.1, 0.15) is 0 Å². The van der Waals surface area contributed by atoms with Crippen molar-refractivity contribution in [2.75, 3.05) is 6.54 Å². The summed E-state index contributed by atoms with van der Waals surface area (Å²) in [6.45, 7) is 3.27. The average Bonchev–Trinajstić information content (AvgIpc) is 2.40. The molecule has 0 bridgehead atoms. The van der Waals surface area contributed by atoms with Crippen LogP contribution in [0.3, 0.4) is 0 Å². The van der Waals surface area contributed by atoms with Gasteiger partial charge in [0.25, 0.3) is 0 Å². The average molecular weight is 226 g/mol. The van der Waals surface area contributed by atoms with Crippen molar-refractivity contribution >= 4 is 10.8 Å². The number of rotatable bonds is 1. The third kappa shape index (κ3) is 2.05. The van der Waals surface area contributed by atoms with Gasteiger partial charge in [0.05, 0.1) is 0 Å². The predicted octanol–water partition coefficient (Wildman–Crippen LogP) is 3.36. The molecule has 1 aromatic heterocycles. The van der Waals surface area contributed by atoms with Crippen LogP contribution in [0.4, 0.5) is 0 Å². The van der Waals surface area contributed by atoms with Crippen molar-refractivity contribution in [3.8, 4) is 0 Å². The first-order valence-corrected chi connectivity index (χ1v) is 6.42. The van der Waals surface area contributed by atoms with Crippen molar-refractivity contribution in [2.24, 2.45) is 0 Å². The highest BCUT2D eigenvalue weighted by molar-refractivity contribution is 5.85. The van der Waals surface area contributed by atoms with Crippen molar-refractivity contribution in [3.63, 3.8) is 0 Å². The molecular weight excluding hydrogens is 208 g/mol. The lowest BCUT2D eigenvalue weighted by molar-refractivity contribution is 0.412. The summed E-state index contributed by atoms with van der Waals surface area (Å²) in [6, 6.07) is 7.32. The van der Waals surface area contributed by atoms with E-state index in [1.807, 2.05) is 12.4 Å². The van der Waals surface area contributed by atoms with Gasteiger partial charge in [-0.25, -0.2) is 0 Å². The van der Waals surface area contributed by atoms with Crippen LogP contribution in [-0.4, -0.2) is 11.5 Å². The number of nitrogens with one attached hydrogen (secondary N) is 1. The molecule has 3 rings (SSSR count). The molecule has 17 heavy (non-hydrogen) atoms. The molecule has 0 radical (unpaired) electrons. The standard InChI is InChI=1S/C15H18N2/c1-11-9-16-10-13-8-12(5-6-14(11)13)15-4-2-3-7-17-15/h5-6,8-10,15,17H,2-4,7H2,1H3. The lowest BCUT2D eigenvalue weighted by atomic mass is 9.95. The van der Waals surface area contributed by atoms with Crippen LogP contribution in [0, 0.1) is 6.92 Å². The number of hydrogen-bond acceptors (Lipinski definition) is 2. The highest BCUT2D eigenvalue weighted by Crippen LogP contribution is 2.26. The molecule has 0 saturated carbocycles. The van der Waals surface area contributed by atoms with Crippen LogP contribution in [0.1, 0.15) is 36.4 Å². The summed E-state index contributed by atoms with van der Waals surface area (Å²) in [5.41, 5.74) is 2.66. The molecule has 0 aliphatic carbocycles. The maximum atomic E-state index is 4.28. The highest BCUT2D eigenvalue weighted by atomic mass is 14.9. The van der Waals surface area contributed by atoms with Crippen LogP contribution in [0.15, 0.2) is 30.6 Å². The Hall–Kier alpha value is -1.41. The Morgan fingerprint density at radius 1 is 1.24 bits per heavy atom. The monoisotopic (exact) mass is 226 g/mol. The van der Waals surface area contributed by atoms with Crippen molar-refractivity contribution in [3.05, 3.63) is 41.7 Å². The maximum Gasteiger partial charge on any atom is 0.0346 e. The summed E-state index contributed by atoms with van der Waals surface area (Å²) in [6.07, 6.45) is 7.80. The SMILES string of the molecule is Cc1cncc2cc(C3CCCCN3)ccc12. The van der Waals surface area contributed by atoms with Crippen LogP contribution in [0.2, 0.25) is 0 Å². The van der Waals surface area contributed by atoms with Gasteiger partial charge in [0, 0.05) is 23.8 Å². The molecule has 2 heteroatoms. The Balaban J connectivity index is 2.01. The summed E-state index contributed by atoms with van der Waals surface area (Å²) in [5.74, 6) is 0. The first-order valence-electron chi connectivity index (χ1n) is 6.42. The first kappa shape index (κ1) is 10.7. The molecule has 1 aliphatic rings. The van der Waals surface area contributed by atoms with Gasteiger partial charge in [0.15, 0.2) is 0 Å². The molecular formula is C15H18N2. The lowest BCUT2D eigenvalue weighted by Crippen LogP contribution is -2.26. The van der Waals surface area contributed by atoms with Crippen molar-refractivity contribution in [2.45, 2.75) is 32.2 Å². The second-order valence-electron chi connectivity index (χ2n) is 4.94. The van der Waals surface area contributed by atoms with Crippen LogP contribution < -0.4 is 5.32 Å². The number of nitrogens with zero attached hydrogens (tertiary/aromatic N) is 1. The van der Waals surface area contributed by atoms with Gasteiger partial charge < -0.3 is 5.32 Å². The Labute approximate surface area is 102 Å². The molecule has 1 aromatic carbocycles. The number of aryl methyl sites for hydroxylation is 1. The largest absolute Gasteiger partial charge is 0.310 e. The van der Waals surface area contributed by atoms with Gasteiger partial charge >= 0.3 is 0 Å². The van der Waals surface area contributed by atoms with E-state index < -0.39 is 0 Å². The molecule has 88 valence electrons. The molecule has 1 N–H and O–H groups in total. The van der Waals surface area contributed by atoms with Gasteiger partial charge in [-0.2, -0.15) is 0 Å². The molecule has 1 saturated heterocycles. The molecule has 2 aromatic rings. The number of hydrogen-bond donors (Lipinski definition) is 1. The Bertz CT molecular complexity index is 527. The molecule has 1 unspecified atom stereocenters. The predicted molar refractivity (Wildman–Crippen MR) is 71.1 cm³/mol. The first-order chi connectivity index (χ1) is 8.34. The van der Waals surface area contributed by atoms with E-state index in [1.165, 1.54) is 41.2 Å². The minimum atomic E-state index is 0.536. The van der Waals surface area contributed by atoms with Gasteiger partial charge in [-0.05, 0) is 48.9 Å². The number of aromatic nitrogens is 1. The number of piperidine rings is 1. The summed E-state index contributed by atoms with van der Waals surface area (Å²) < 4.78 is 0. The zero-order valence-corrected chi connectivity index (χ0v) is 10.2. The third-order valence-electron chi connectivity index (χ3n) is 3.69. The minimum absolute atomic E-state index is 0.536. The zero-order valence-electron chi connectivity index (χ0n) is 10.2. The summed E-state index contributed by atoms with van der Waals surface area (Å²) >= 11 is 0. The second-order valence-corrected chi connectivity index (χ2v) is 4.94. The van der Waals surface area contributed by atoms with E-state index in [9.17, 15) is 0 Å². The van der Waals surface area contributed by atoms with Gasteiger partial charge in [-0.1, -0.05) is 18.6 Å². The molecule has 1 fully saturated rings. The molecule has 0 spiro atoms. The van der Waals surface area contributed by atoms with Crippen molar-refractivity contribution < 1.29 is 0 Å². The molecule has 1 aliphatic heterocycles. The second kappa shape index (κ2) is 4.46. The van der Waals surface area contributed by atoms with Gasteiger partial charge in [-0.3, -0.25) is 4.98 Å². The van der Waals surface area contributed by atoms with Gasteiger partial charge in [0.2, 0.25) is 0 Å². The Morgan fingerprint density at radius 2 is 2.18 bits per heavy atom. The summed E-state index contributed by atoms with van der Waals surface area (Å²) in [5, 5.41) is 6.17. The minimum Gasteiger partial charge on any atom is -0.310 e. The number of fused-ring (bicyclic) bond motifs is 1. The molecule has 2 heterocycles. The van der Waals surface area contributed by atoms with E-state index in [-0.39, 0.29) is 0 Å². The Morgan fingerprint density at radius 3 is 3.00 bits per heavy atom. The molecule has 1 atom stereocenters. The zero-order chi connectivity index (χ0) is 11.7. The van der Waals surface area contributed by atoms with E-state index >= 15 is 0 Å². The van der Waals surface area contributed by atoms with E-state index in [1.54, 1.807) is 0 Å². The van der Waals surface area contributed by atoms with Crippen LogP contribution in [0.25, 0.3) is 10.8 Å². The fourth-order valence-electron chi connectivity index (χ4n) is 2.70. The molecule has 2 nitrogen and oxygen atoms in total. The van der Waals surface area contributed by atoms with Crippen molar-refractivity contribution in [1.82, 2.24) is 10.3 Å². The number of benzene rings is 1. The van der Waals surface area contributed by atoms with Gasteiger partial charge in [-0.15, -0.1) is 0 Å². The van der Waals surface area contributed by atoms with E-state index in [4.69, 9.17) is 0 Å². The summed E-state index contributed by atoms with van der Waals surface area (Å²) in [7, 11) is 0. The quantitative estimate of drug-likeness (QED) is 0.806. The van der Waals surface area contributed by atoms with Crippen LogP contribution in [0.5, 0.6) is 0 Å². The van der Waals surface area contributed by atoms with Crippen LogP contribution >= 0.6 is 0 Å². The maximum absolute atomic E-state index is 4.28. The molecule has 0 amide bonds. The smallest absolute Gasteiger partial charge is 0.0346 e. The van der Waals surface area contributed by atoms with E-state index in [2.05, 4.69) is 35.4 Å². The lowest BCUT2D eigenvalue weighted by Gasteiger charge is -2.24. The Kier molecular flexibility index (Phi) is 2.81. The third-order valence-corrected chi connectivity index (χ3v) is 3.69. The fourth-order valence-corrected chi connectivity index (χ4v) is 2.70. The highest BCUT2D eigenvalue weighted by Gasteiger charge is 2.14. The fraction of sp³-hybridized carbons (Fsp3) is 0.400.